The Labute approximate surface area is 113 Å². The third-order valence-corrected chi connectivity index (χ3v) is 4.46. The molecule has 3 heteroatoms. The predicted octanol–water partition coefficient (Wildman–Crippen LogP) is 2.79. The fourth-order valence-corrected chi connectivity index (χ4v) is 3.21. The summed E-state index contributed by atoms with van der Waals surface area (Å²) in [6.45, 7) is 7.37. The van der Waals surface area contributed by atoms with Gasteiger partial charge in [0.25, 0.3) is 0 Å². The van der Waals surface area contributed by atoms with Gasteiger partial charge in [-0.25, -0.2) is 0 Å². The minimum Gasteiger partial charge on any atom is -0.380 e. The molecule has 0 aromatic carbocycles. The molecule has 0 aromatic heterocycles. The average Bonchev–Trinajstić information content (AvgIpc) is 2.64. The van der Waals surface area contributed by atoms with Crippen molar-refractivity contribution in [2.24, 2.45) is 5.73 Å². The van der Waals surface area contributed by atoms with E-state index in [-0.39, 0.29) is 5.54 Å². The number of hydrogen-bond donors (Lipinski definition) is 1. The molecule has 1 aliphatic rings. The van der Waals surface area contributed by atoms with E-state index in [1.807, 2.05) is 0 Å². The molecule has 0 aliphatic heterocycles. The third-order valence-electron chi connectivity index (χ3n) is 4.46. The molecule has 0 saturated heterocycles. The summed E-state index contributed by atoms with van der Waals surface area (Å²) in [6, 6.07) is 0. The van der Waals surface area contributed by atoms with Gasteiger partial charge >= 0.3 is 0 Å². The average molecular weight is 256 g/mol. The fourth-order valence-electron chi connectivity index (χ4n) is 3.21. The van der Waals surface area contributed by atoms with Crippen molar-refractivity contribution in [3.63, 3.8) is 0 Å². The van der Waals surface area contributed by atoms with Crippen LogP contribution in [0.25, 0.3) is 0 Å². The van der Waals surface area contributed by atoms with Gasteiger partial charge in [-0.15, -0.1) is 0 Å². The molecular weight excluding hydrogens is 224 g/mol. The molecule has 3 nitrogen and oxygen atoms in total. The van der Waals surface area contributed by atoms with E-state index in [0.717, 1.165) is 19.6 Å². The normalized spacial score (nSPS) is 21.8. The summed E-state index contributed by atoms with van der Waals surface area (Å²) in [5.74, 6) is 0. The maximum absolute atomic E-state index is 6.17. The van der Waals surface area contributed by atoms with Gasteiger partial charge in [-0.3, -0.25) is 4.90 Å². The summed E-state index contributed by atoms with van der Waals surface area (Å²) >= 11 is 0. The zero-order valence-electron chi connectivity index (χ0n) is 12.6. The predicted molar refractivity (Wildman–Crippen MR) is 77.8 cm³/mol. The van der Waals surface area contributed by atoms with Gasteiger partial charge in [-0.1, -0.05) is 32.6 Å². The van der Waals surface area contributed by atoms with Gasteiger partial charge in [0.05, 0.1) is 6.10 Å². The van der Waals surface area contributed by atoms with Crippen LogP contribution in [0.3, 0.4) is 0 Å². The van der Waals surface area contributed by atoms with Crippen molar-refractivity contribution in [3.8, 4) is 0 Å². The number of nitrogens with zero attached hydrogens (tertiary/aromatic N) is 1. The van der Waals surface area contributed by atoms with E-state index in [2.05, 4.69) is 18.7 Å². The summed E-state index contributed by atoms with van der Waals surface area (Å²) < 4.78 is 5.46. The second-order valence-electron chi connectivity index (χ2n) is 5.84. The lowest BCUT2D eigenvalue weighted by Crippen LogP contribution is -2.55. The molecule has 1 rings (SSSR count). The first kappa shape index (κ1) is 15.9. The van der Waals surface area contributed by atoms with Crippen molar-refractivity contribution >= 4 is 0 Å². The molecule has 0 aromatic rings. The number of rotatable bonds is 7. The van der Waals surface area contributed by atoms with E-state index in [1.54, 1.807) is 7.11 Å². The Morgan fingerprint density at radius 1 is 1.22 bits per heavy atom. The number of methoxy groups -OCH3 is 1. The van der Waals surface area contributed by atoms with Crippen LogP contribution in [0.1, 0.15) is 58.8 Å². The van der Waals surface area contributed by atoms with Crippen LogP contribution in [-0.4, -0.2) is 43.3 Å². The standard InChI is InChI=1S/C15H32N2O/c1-4-11-17(12-14(2)18-3)15(13-16)9-7-5-6-8-10-15/h14H,4-13,16H2,1-3H3. The van der Waals surface area contributed by atoms with Crippen molar-refractivity contribution in [1.82, 2.24) is 4.90 Å². The van der Waals surface area contributed by atoms with Crippen molar-refractivity contribution in [3.05, 3.63) is 0 Å². The number of nitrogens with two attached hydrogens (primary N) is 1. The van der Waals surface area contributed by atoms with Crippen LogP contribution < -0.4 is 5.73 Å². The van der Waals surface area contributed by atoms with Crippen LogP contribution in [0, 0.1) is 0 Å². The quantitative estimate of drug-likeness (QED) is 0.712. The smallest absolute Gasteiger partial charge is 0.0670 e. The second kappa shape index (κ2) is 8.13. The molecule has 0 amide bonds. The molecule has 1 unspecified atom stereocenters. The highest BCUT2D eigenvalue weighted by Gasteiger charge is 2.35. The van der Waals surface area contributed by atoms with Crippen LogP contribution in [-0.2, 0) is 4.74 Å². The highest BCUT2D eigenvalue weighted by atomic mass is 16.5. The molecular formula is C15H32N2O. The van der Waals surface area contributed by atoms with E-state index in [9.17, 15) is 0 Å². The second-order valence-corrected chi connectivity index (χ2v) is 5.84. The van der Waals surface area contributed by atoms with Crippen LogP contribution in [0.4, 0.5) is 0 Å². The van der Waals surface area contributed by atoms with E-state index >= 15 is 0 Å². The Kier molecular flexibility index (Phi) is 7.20. The summed E-state index contributed by atoms with van der Waals surface area (Å²) in [6.07, 6.45) is 9.43. The first-order valence-corrected chi connectivity index (χ1v) is 7.66. The van der Waals surface area contributed by atoms with E-state index in [0.29, 0.717) is 6.10 Å². The lowest BCUT2D eigenvalue weighted by Gasteiger charge is -2.44. The van der Waals surface area contributed by atoms with Crippen molar-refractivity contribution in [2.75, 3.05) is 26.7 Å². The van der Waals surface area contributed by atoms with Gasteiger partial charge in [0.15, 0.2) is 0 Å². The maximum atomic E-state index is 6.17. The number of ether oxygens (including phenoxy) is 1. The van der Waals surface area contributed by atoms with Crippen LogP contribution >= 0.6 is 0 Å². The van der Waals surface area contributed by atoms with Gasteiger partial charge in [0, 0.05) is 25.7 Å². The molecule has 18 heavy (non-hydrogen) atoms. The summed E-state index contributed by atoms with van der Waals surface area (Å²) in [4.78, 5) is 2.62. The monoisotopic (exact) mass is 256 g/mol. The summed E-state index contributed by atoms with van der Waals surface area (Å²) in [5.41, 5.74) is 6.41. The van der Waals surface area contributed by atoms with Crippen LogP contribution in [0.15, 0.2) is 0 Å². The lowest BCUT2D eigenvalue weighted by molar-refractivity contribution is 0.0145. The molecule has 108 valence electrons. The minimum absolute atomic E-state index is 0.235. The van der Waals surface area contributed by atoms with Crippen LogP contribution in [0.5, 0.6) is 0 Å². The first-order chi connectivity index (χ1) is 8.68. The Morgan fingerprint density at radius 3 is 2.28 bits per heavy atom. The van der Waals surface area contributed by atoms with Crippen molar-refractivity contribution in [2.45, 2.75) is 70.4 Å². The molecule has 0 bridgehead atoms. The third kappa shape index (κ3) is 4.22. The fraction of sp³-hybridized carbons (Fsp3) is 1.00. The largest absolute Gasteiger partial charge is 0.380 e. The van der Waals surface area contributed by atoms with Crippen molar-refractivity contribution < 1.29 is 4.74 Å². The summed E-state index contributed by atoms with van der Waals surface area (Å²) in [5, 5.41) is 0. The van der Waals surface area contributed by atoms with Gasteiger partial charge in [0.1, 0.15) is 0 Å². The van der Waals surface area contributed by atoms with E-state index in [4.69, 9.17) is 10.5 Å². The zero-order valence-corrected chi connectivity index (χ0v) is 12.6. The van der Waals surface area contributed by atoms with Crippen LogP contribution in [0.2, 0.25) is 0 Å². The highest BCUT2D eigenvalue weighted by molar-refractivity contribution is 4.93. The zero-order chi connectivity index (χ0) is 13.4. The van der Waals surface area contributed by atoms with Gasteiger partial charge < -0.3 is 10.5 Å². The molecule has 0 spiro atoms. The van der Waals surface area contributed by atoms with Gasteiger partial charge in [-0.05, 0) is 32.7 Å². The highest BCUT2D eigenvalue weighted by Crippen LogP contribution is 2.32. The van der Waals surface area contributed by atoms with E-state index in [1.165, 1.54) is 44.9 Å². The van der Waals surface area contributed by atoms with Gasteiger partial charge in [0.2, 0.25) is 0 Å². The lowest BCUT2D eigenvalue weighted by atomic mass is 9.87. The van der Waals surface area contributed by atoms with Gasteiger partial charge in [-0.2, -0.15) is 0 Å². The SMILES string of the molecule is CCCN(CC(C)OC)C1(CN)CCCCCC1. The number of hydrogen-bond acceptors (Lipinski definition) is 3. The molecule has 0 radical (unpaired) electrons. The topological polar surface area (TPSA) is 38.5 Å². The molecule has 2 N–H and O–H groups in total. The molecule has 1 aliphatic carbocycles. The molecule has 1 fully saturated rings. The maximum Gasteiger partial charge on any atom is 0.0670 e. The molecule has 1 atom stereocenters. The van der Waals surface area contributed by atoms with Crippen molar-refractivity contribution in [1.29, 1.82) is 0 Å². The Hall–Kier alpha value is -0.120. The first-order valence-electron chi connectivity index (χ1n) is 7.66. The van der Waals surface area contributed by atoms with E-state index < -0.39 is 0 Å². The molecule has 0 heterocycles. The minimum atomic E-state index is 0.235. The Balaban J connectivity index is 2.76. The Bertz CT molecular complexity index is 213. The Morgan fingerprint density at radius 2 is 1.83 bits per heavy atom. The molecule has 1 saturated carbocycles. The summed E-state index contributed by atoms with van der Waals surface area (Å²) in [7, 11) is 1.80.